The molecule has 6 heteroatoms. The van der Waals surface area contributed by atoms with E-state index in [1.54, 1.807) is 12.3 Å². The van der Waals surface area contributed by atoms with Crippen molar-refractivity contribution in [2.45, 2.75) is 35.3 Å². The molecule has 0 fully saturated rings. The molecule has 0 aromatic heterocycles. The number of ether oxygens (including phenoxy) is 1. The first-order valence-electron chi connectivity index (χ1n) is 9.80. The summed E-state index contributed by atoms with van der Waals surface area (Å²) in [5, 5.41) is 0. The maximum absolute atomic E-state index is 12.5. The zero-order chi connectivity index (χ0) is 22.4. The topological polar surface area (TPSA) is 61.7 Å². The predicted octanol–water partition coefficient (Wildman–Crippen LogP) is 6.17. The van der Waals surface area contributed by atoms with E-state index in [9.17, 15) is 9.35 Å². The fourth-order valence-corrected chi connectivity index (χ4v) is 4.30. The van der Waals surface area contributed by atoms with E-state index in [0.717, 1.165) is 26.5 Å². The summed E-state index contributed by atoms with van der Waals surface area (Å²) < 4.78 is 21.3. The lowest BCUT2D eigenvalue weighted by Gasteiger charge is -2.18. The highest BCUT2D eigenvalue weighted by molar-refractivity contribution is 7.99. The van der Waals surface area contributed by atoms with Crippen LogP contribution in [-0.4, -0.2) is 28.6 Å². The number of benzene rings is 3. The molecule has 0 bridgehead atoms. The first-order chi connectivity index (χ1) is 14.8. The van der Waals surface area contributed by atoms with E-state index in [2.05, 4.69) is 4.40 Å². The Kier molecular flexibility index (Phi) is 7.59. The Hall–Kier alpha value is -2.54. The Morgan fingerprint density at radius 1 is 0.968 bits per heavy atom. The van der Waals surface area contributed by atoms with Crippen molar-refractivity contribution in [2.24, 2.45) is 4.40 Å². The highest BCUT2D eigenvalue weighted by Crippen LogP contribution is 2.35. The summed E-state index contributed by atoms with van der Waals surface area (Å²) in [7, 11) is 1.37. The quantitative estimate of drug-likeness (QED) is 0.255. The molecule has 0 radical (unpaired) electrons. The second-order valence-corrected chi connectivity index (χ2v) is 10.8. The summed E-state index contributed by atoms with van der Waals surface area (Å²) in [6.45, 7) is 5.68. The molecule has 0 N–H and O–H groups in total. The van der Waals surface area contributed by atoms with Crippen LogP contribution in [0, 0.1) is 0 Å². The third-order valence-corrected chi connectivity index (χ3v) is 6.95. The van der Waals surface area contributed by atoms with Crippen LogP contribution >= 0.6 is 11.8 Å². The number of esters is 1. The number of rotatable bonds is 6. The lowest BCUT2D eigenvalue weighted by Crippen LogP contribution is -2.25. The van der Waals surface area contributed by atoms with Gasteiger partial charge in [-0.05, 0) is 56.2 Å². The SMILES string of the molecule is COC(=O)c1ccccc1Sc1ccc(-c2ccccc2)cc1/C=N\[S+]([O-])C(C)(C)C. The molecular weight excluding hydrogens is 426 g/mol. The Balaban J connectivity index is 2.03. The Morgan fingerprint density at radius 2 is 1.65 bits per heavy atom. The Bertz CT molecular complexity index is 1080. The van der Waals surface area contributed by atoms with Crippen LogP contribution in [0.2, 0.25) is 0 Å². The first kappa shape index (κ1) is 23.1. The predicted molar refractivity (Wildman–Crippen MR) is 129 cm³/mol. The molecule has 1 unspecified atom stereocenters. The van der Waals surface area contributed by atoms with Gasteiger partial charge in [-0.25, -0.2) is 4.79 Å². The van der Waals surface area contributed by atoms with Crippen LogP contribution in [0.1, 0.15) is 36.7 Å². The summed E-state index contributed by atoms with van der Waals surface area (Å²) in [4.78, 5) is 13.9. The van der Waals surface area contributed by atoms with Gasteiger partial charge in [0.05, 0.1) is 18.9 Å². The minimum atomic E-state index is -1.37. The molecule has 31 heavy (non-hydrogen) atoms. The van der Waals surface area contributed by atoms with Gasteiger partial charge in [0.1, 0.15) is 16.1 Å². The van der Waals surface area contributed by atoms with Gasteiger partial charge in [-0.3, -0.25) is 0 Å². The molecule has 0 saturated carbocycles. The average molecular weight is 452 g/mol. The zero-order valence-electron chi connectivity index (χ0n) is 18.0. The number of hydrogen-bond donors (Lipinski definition) is 0. The van der Waals surface area contributed by atoms with Gasteiger partial charge >= 0.3 is 5.97 Å². The van der Waals surface area contributed by atoms with Crippen LogP contribution < -0.4 is 0 Å². The van der Waals surface area contributed by atoms with Gasteiger partial charge in [0.25, 0.3) is 0 Å². The second kappa shape index (κ2) is 10.2. The molecule has 0 aliphatic rings. The number of methoxy groups -OCH3 is 1. The van der Waals surface area contributed by atoms with Gasteiger partial charge in [0.2, 0.25) is 0 Å². The smallest absolute Gasteiger partial charge is 0.339 e. The van der Waals surface area contributed by atoms with E-state index in [1.165, 1.54) is 18.9 Å². The molecule has 0 heterocycles. The lowest BCUT2D eigenvalue weighted by atomic mass is 10.0. The Labute approximate surface area is 191 Å². The van der Waals surface area contributed by atoms with Crippen LogP contribution in [0.15, 0.2) is 87.0 Å². The third kappa shape index (κ3) is 6.00. The second-order valence-electron chi connectivity index (χ2n) is 7.80. The lowest BCUT2D eigenvalue weighted by molar-refractivity contribution is 0.0597. The highest BCUT2D eigenvalue weighted by atomic mass is 32.2. The molecule has 0 saturated heterocycles. The van der Waals surface area contributed by atoms with E-state index in [0.29, 0.717) is 5.56 Å². The van der Waals surface area contributed by atoms with Crippen molar-refractivity contribution in [1.82, 2.24) is 0 Å². The van der Waals surface area contributed by atoms with Gasteiger partial charge in [0.15, 0.2) is 0 Å². The van der Waals surface area contributed by atoms with Crippen molar-refractivity contribution in [2.75, 3.05) is 7.11 Å². The molecule has 3 aromatic carbocycles. The molecule has 3 rings (SSSR count). The van der Waals surface area contributed by atoms with Gasteiger partial charge in [-0.2, -0.15) is 0 Å². The third-order valence-electron chi connectivity index (χ3n) is 4.44. The molecule has 0 amide bonds. The minimum Gasteiger partial charge on any atom is -0.591 e. The number of carbonyl (C=O) groups excluding carboxylic acids is 1. The maximum Gasteiger partial charge on any atom is 0.339 e. The van der Waals surface area contributed by atoms with Crippen LogP contribution in [0.5, 0.6) is 0 Å². The number of hydrogen-bond acceptors (Lipinski definition) is 5. The van der Waals surface area contributed by atoms with E-state index >= 15 is 0 Å². The number of nitrogens with zero attached hydrogens (tertiary/aromatic N) is 1. The maximum atomic E-state index is 12.5. The summed E-state index contributed by atoms with van der Waals surface area (Å²) in [5.41, 5.74) is 3.46. The molecule has 160 valence electrons. The van der Waals surface area contributed by atoms with Gasteiger partial charge < -0.3 is 9.29 Å². The summed E-state index contributed by atoms with van der Waals surface area (Å²) in [6, 6.07) is 23.4. The molecular formula is C25H25NO3S2. The molecule has 0 aliphatic heterocycles. The van der Waals surface area contributed by atoms with Crippen molar-refractivity contribution in [1.29, 1.82) is 0 Å². The van der Waals surface area contributed by atoms with E-state index in [4.69, 9.17) is 4.74 Å². The molecule has 1 atom stereocenters. The van der Waals surface area contributed by atoms with Crippen molar-refractivity contribution in [3.05, 3.63) is 83.9 Å². The monoisotopic (exact) mass is 451 g/mol. The van der Waals surface area contributed by atoms with Crippen molar-refractivity contribution >= 4 is 35.3 Å². The van der Waals surface area contributed by atoms with Crippen molar-refractivity contribution in [3.63, 3.8) is 0 Å². The standard InChI is InChI=1S/C25H25NO3S2/c1-25(2,3)31(28)26-17-20-16-19(18-10-6-5-7-11-18)14-15-22(20)30-23-13-9-8-12-21(23)24(27)29-4/h5-17H,1-4H3/b26-17-. The van der Waals surface area contributed by atoms with E-state index in [-0.39, 0.29) is 5.97 Å². The van der Waals surface area contributed by atoms with Gasteiger partial charge in [0, 0.05) is 15.4 Å². The van der Waals surface area contributed by atoms with Crippen molar-refractivity contribution in [3.8, 4) is 11.1 Å². The van der Waals surface area contributed by atoms with Gasteiger partial charge in [-0.1, -0.05) is 64.7 Å². The fourth-order valence-electron chi connectivity index (χ4n) is 2.77. The zero-order valence-corrected chi connectivity index (χ0v) is 19.6. The largest absolute Gasteiger partial charge is 0.591 e. The van der Waals surface area contributed by atoms with Gasteiger partial charge in [-0.15, -0.1) is 0 Å². The number of carbonyl (C=O) groups is 1. The van der Waals surface area contributed by atoms with E-state index in [1.807, 2.05) is 87.5 Å². The molecule has 4 nitrogen and oxygen atoms in total. The molecule has 0 spiro atoms. The summed E-state index contributed by atoms with van der Waals surface area (Å²) in [5.74, 6) is -0.381. The van der Waals surface area contributed by atoms with Crippen LogP contribution in [-0.2, 0) is 16.1 Å². The van der Waals surface area contributed by atoms with Crippen LogP contribution in [0.25, 0.3) is 11.1 Å². The Morgan fingerprint density at radius 3 is 2.32 bits per heavy atom. The van der Waals surface area contributed by atoms with E-state index < -0.39 is 16.1 Å². The van der Waals surface area contributed by atoms with Crippen molar-refractivity contribution < 1.29 is 14.1 Å². The molecule has 0 aliphatic carbocycles. The average Bonchev–Trinajstić information content (AvgIpc) is 2.78. The van der Waals surface area contributed by atoms with Crippen LogP contribution in [0.3, 0.4) is 0 Å². The van der Waals surface area contributed by atoms with Crippen LogP contribution in [0.4, 0.5) is 0 Å². The summed E-state index contributed by atoms with van der Waals surface area (Å²) in [6.07, 6.45) is 1.66. The fraction of sp³-hybridized carbons (Fsp3) is 0.200. The molecule has 3 aromatic rings. The first-order valence-corrected chi connectivity index (χ1v) is 11.7. The summed E-state index contributed by atoms with van der Waals surface area (Å²) >= 11 is 0.0858. The minimum absolute atomic E-state index is 0.381. The highest BCUT2D eigenvalue weighted by Gasteiger charge is 2.26. The normalized spacial score (nSPS) is 12.7.